The maximum Gasteiger partial charge on any atom is 0.248 e. The average molecular weight is 513 g/mol. The molecule has 0 spiro atoms. The molecule has 38 heavy (non-hydrogen) atoms. The molecule has 0 unspecified atom stereocenters. The van der Waals surface area contributed by atoms with Crippen molar-refractivity contribution in [3.63, 3.8) is 0 Å². The van der Waals surface area contributed by atoms with E-state index in [9.17, 15) is 4.79 Å². The number of nitrogens with zero attached hydrogens (tertiary/aromatic N) is 6. The van der Waals surface area contributed by atoms with Gasteiger partial charge in [0.25, 0.3) is 0 Å². The van der Waals surface area contributed by atoms with Crippen LogP contribution in [0.25, 0.3) is 34.1 Å². The van der Waals surface area contributed by atoms with Gasteiger partial charge in [0.05, 0.1) is 17.7 Å². The molecule has 0 aliphatic rings. The number of anilines is 4. The summed E-state index contributed by atoms with van der Waals surface area (Å²) in [7, 11) is 0. The first kappa shape index (κ1) is 24.8. The fraction of sp³-hybridized carbons (Fsp3) is 0.231. The molecule has 0 fully saturated rings. The minimum absolute atomic E-state index is 0.139. The number of amides is 1. The molecule has 5 N–H and O–H groups in total. The molecule has 5 rings (SSSR count). The Labute approximate surface area is 218 Å². The van der Waals surface area contributed by atoms with Gasteiger partial charge in [0.1, 0.15) is 0 Å². The molecule has 194 valence electrons. The Balaban J connectivity index is 1.55. The highest BCUT2D eigenvalue weighted by molar-refractivity contribution is 5.94. The number of benzene rings is 2. The van der Waals surface area contributed by atoms with Crippen LogP contribution in [0.2, 0.25) is 0 Å². The third-order valence-electron chi connectivity index (χ3n) is 5.68. The first-order chi connectivity index (χ1) is 18.4. The van der Waals surface area contributed by atoms with Crippen molar-refractivity contribution in [2.45, 2.75) is 26.8 Å². The predicted octanol–water partition coefficient (Wildman–Crippen LogP) is 4.20. The molecule has 1 amide bonds. The molecule has 12 heteroatoms. The number of imidazole rings is 1. The Bertz CT molecular complexity index is 1580. The predicted molar refractivity (Wildman–Crippen MR) is 146 cm³/mol. The van der Waals surface area contributed by atoms with Gasteiger partial charge in [0, 0.05) is 37.2 Å². The van der Waals surface area contributed by atoms with Crippen molar-refractivity contribution in [2.24, 2.45) is 5.73 Å². The minimum atomic E-state index is -0.218. The van der Waals surface area contributed by atoms with E-state index in [4.69, 9.17) is 15.1 Å². The van der Waals surface area contributed by atoms with Crippen molar-refractivity contribution in [3.05, 3.63) is 54.9 Å². The molecule has 12 nitrogen and oxygen atoms in total. The second-order valence-corrected chi connectivity index (χ2v) is 8.87. The summed E-state index contributed by atoms with van der Waals surface area (Å²) in [5.41, 5.74) is 9.59. The zero-order valence-corrected chi connectivity index (χ0v) is 21.3. The van der Waals surface area contributed by atoms with Gasteiger partial charge in [-0.05, 0) is 44.2 Å². The number of carbonyl (C=O) groups is 1. The second kappa shape index (κ2) is 10.6. The standard InChI is InChI=1S/C26H28N10O2/c1-15(2)36-14-29-21-22(28-12-11-27)32-26(33-23(21)36)31-20-13-18(9-10-19(20)30-16(3)37)25-35-34-24(38-25)17-7-5-4-6-8-17/h4-10,13-15H,11-12,27H2,1-3H3,(H,30,37)(H2,28,31,32,33). The van der Waals surface area contributed by atoms with Gasteiger partial charge in [0.2, 0.25) is 23.6 Å². The lowest BCUT2D eigenvalue weighted by Crippen LogP contribution is -2.15. The lowest BCUT2D eigenvalue weighted by atomic mass is 10.1. The molecule has 0 aliphatic heterocycles. The lowest BCUT2D eigenvalue weighted by molar-refractivity contribution is -0.114. The summed E-state index contributed by atoms with van der Waals surface area (Å²) < 4.78 is 7.90. The summed E-state index contributed by atoms with van der Waals surface area (Å²) in [5, 5.41) is 17.7. The molecule has 0 atom stereocenters. The number of nitrogens with two attached hydrogens (primary N) is 1. The molecular weight excluding hydrogens is 484 g/mol. The van der Waals surface area contributed by atoms with Crippen molar-refractivity contribution >= 4 is 40.2 Å². The Hall–Kier alpha value is -4.84. The fourth-order valence-corrected chi connectivity index (χ4v) is 3.90. The first-order valence-corrected chi connectivity index (χ1v) is 12.2. The molecule has 2 aromatic carbocycles. The van der Waals surface area contributed by atoms with Gasteiger partial charge in [-0.2, -0.15) is 9.97 Å². The van der Waals surface area contributed by atoms with Gasteiger partial charge < -0.3 is 30.7 Å². The molecule has 0 aliphatic carbocycles. The van der Waals surface area contributed by atoms with Crippen LogP contribution in [0.15, 0.2) is 59.3 Å². The van der Waals surface area contributed by atoms with E-state index in [0.717, 1.165) is 5.56 Å². The highest BCUT2D eigenvalue weighted by Crippen LogP contribution is 2.32. The molecule has 0 bridgehead atoms. The van der Waals surface area contributed by atoms with Crippen LogP contribution in [0.3, 0.4) is 0 Å². The van der Waals surface area contributed by atoms with E-state index in [0.29, 0.717) is 64.7 Å². The maximum atomic E-state index is 11.9. The largest absolute Gasteiger partial charge is 0.416 e. The van der Waals surface area contributed by atoms with E-state index in [-0.39, 0.29) is 11.9 Å². The first-order valence-electron chi connectivity index (χ1n) is 12.2. The highest BCUT2D eigenvalue weighted by Gasteiger charge is 2.17. The smallest absolute Gasteiger partial charge is 0.248 e. The van der Waals surface area contributed by atoms with Crippen LogP contribution in [0, 0.1) is 0 Å². The molecule has 0 saturated heterocycles. The fourth-order valence-electron chi connectivity index (χ4n) is 3.90. The summed E-state index contributed by atoms with van der Waals surface area (Å²) in [5.74, 6) is 1.40. The van der Waals surface area contributed by atoms with Crippen LogP contribution in [0.5, 0.6) is 0 Å². The molecule has 5 aromatic rings. The third-order valence-corrected chi connectivity index (χ3v) is 5.68. The summed E-state index contributed by atoms with van der Waals surface area (Å²) in [4.78, 5) is 25.8. The van der Waals surface area contributed by atoms with Crippen molar-refractivity contribution in [1.82, 2.24) is 29.7 Å². The van der Waals surface area contributed by atoms with Crippen LogP contribution in [0.1, 0.15) is 26.8 Å². The third kappa shape index (κ3) is 5.15. The van der Waals surface area contributed by atoms with E-state index in [1.165, 1.54) is 6.92 Å². The van der Waals surface area contributed by atoms with Crippen LogP contribution >= 0.6 is 0 Å². The van der Waals surface area contributed by atoms with Crippen molar-refractivity contribution in [1.29, 1.82) is 0 Å². The molecule has 3 heterocycles. The van der Waals surface area contributed by atoms with E-state index in [1.807, 2.05) is 34.9 Å². The number of hydrogen-bond donors (Lipinski definition) is 4. The van der Waals surface area contributed by atoms with Gasteiger partial charge in [-0.25, -0.2) is 4.98 Å². The van der Waals surface area contributed by atoms with Crippen molar-refractivity contribution in [2.75, 3.05) is 29.0 Å². The summed E-state index contributed by atoms with van der Waals surface area (Å²) in [6.07, 6.45) is 1.74. The van der Waals surface area contributed by atoms with Gasteiger partial charge in [-0.3, -0.25) is 4.79 Å². The number of nitrogens with one attached hydrogen (secondary N) is 3. The van der Waals surface area contributed by atoms with Crippen LogP contribution in [-0.2, 0) is 4.79 Å². The molecule has 0 radical (unpaired) electrons. The zero-order chi connectivity index (χ0) is 26.6. The molecule has 0 saturated carbocycles. The van der Waals surface area contributed by atoms with Gasteiger partial charge >= 0.3 is 0 Å². The van der Waals surface area contributed by atoms with E-state index in [2.05, 4.69) is 50.0 Å². The van der Waals surface area contributed by atoms with E-state index in [1.54, 1.807) is 24.5 Å². The lowest BCUT2D eigenvalue weighted by Gasteiger charge is -2.14. The Morgan fingerprint density at radius 2 is 1.79 bits per heavy atom. The number of carbonyl (C=O) groups excluding carboxylic acids is 1. The summed E-state index contributed by atoms with van der Waals surface area (Å²) >= 11 is 0. The number of aromatic nitrogens is 6. The molecular formula is C26H28N10O2. The summed E-state index contributed by atoms with van der Waals surface area (Å²) in [6, 6.07) is 15.0. The van der Waals surface area contributed by atoms with E-state index < -0.39 is 0 Å². The summed E-state index contributed by atoms with van der Waals surface area (Å²) in [6.45, 7) is 6.50. The van der Waals surface area contributed by atoms with E-state index >= 15 is 0 Å². The number of rotatable bonds is 9. The van der Waals surface area contributed by atoms with Gasteiger partial charge in [-0.15, -0.1) is 10.2 Å². The normalized spacial score (nSPS) is 11.2. The van der Waals surface area contributed by atoms with Crippen molar-refractivity contribution < 1.29 is 9.21 Å². The van der Waals surface area contributed by atoms with Gasteiger partial charge in [-0.1, -0.05) is 18.2 Å². The Kier molecular flexibility index (Phi) is 6.96. The molecule has 3 aromatic heterocycles. The topological polar surface area (TPSA) is 162 Å². The Morgan fingerprint density at radius 1 is 1.03 bits per heavy atom. The quantitative estimate of drug-likeness (QED) is 0.225. The van der Waals surface area contributed by atoms with Crippen molar-refractivity contribution in [3.8, 4) is 22.9 Å². The second-order valence-electron chi connectivity index (χ2n) is 8.87. The zero-order valence-electron chi connectivity index (χ0n) is 21.3. The minimum Gasteiger partial charge on any atom is -0.416 e. The Morgan fingerprint density at radius 3 is 2.50 bits per heavy atom. The average Bonchev–Trinajstić information content (AvgIpc) is 3.57. The van der Waals surface area contributed by atoms with Gasteiger partial charge in [0.15, 0.2) is 17.0 Å². The monoisotopic (exact) mass is 512 g/mol. The van der Waals surface area contributed by atoms with Crippen LogP contribution < -0.4 is 21.7 Å². The van der Waals surface area contributed by atoms with Crippen LogP contribution in [0.4, 0.5) is 23.1 Å². The number of hydrogen-bond acceptors (Lipinski definition) is 10. The SMILES string of the molecule is CC(=O)Nc1ccc(-c2nnc(-c3ccccc3)o2)cc1Nc1nc(NCCN)c2ncn(C(C)C)c2n1. The maximum absolute atomic E-state index is 11.9. The highest BCUT2D eigenvalue weighted by atomic mass is 16.4. The number of fused-ring (bicyclic) bond motifs is 1. The van der Waals surface area contributed by atoms with Crippen LogP contribution in [-0.4, -0.2) is 48.7 Å².